The predicted molar refractivity (Wildman–Crippen MR) is 75.0 cm³/mol. The zero-order chi connectivity index (χ0) is 12.9. The van der Waals surface area contributed by atoms with Gasteiger partial charge in [0.15, 0.2) is 0 Å². The molecular weight excluding hydrogens is 208 g/mol. The molecule has 0 amide bonds. The summed E-state index contributed by atoms with van der Waals surface area (Å²) in [5.74, 6) is 6.62. The van der Waals surface area contributed by atoms with Gasteiger partial charge in [-0.2, -0.15) is 0 Å². The minimum Gasteiger partial charge on any atom is -0.317 e. The second kappa shape index (κ2) is 6.42. The van der Waals surface area contributed by atoms with Gasteiger partial charge in [0.1, 0.15) is 0 Å². The normalized spacial score (nSPS) is 25.5. The van der Waals surface area contributed by atoms with Gasteiger partial charge in [0.25, 0.3) is 0 Å². The molecule has 1 fully saturated rings. The largest absolute Gasteiger partial charge is 0.317 e. The molecule has 0 heterocycles. The molecule has 17 heavy (non-hydrogen) atoms. The second-order valence-electron chi connectivity index (χ2n) is 6.26. The molecule has 0 bridgehead atoms. The molecule has 2 nitrogen and oxygen atoms in total. The first-order valence-corrected chi connectivity index (χ1v) is 6.80. The zero-order valence-electron chi connectivity index (χ0n) is 12.1. The SMILES string of the molecule is CNC1CCC(N(C)CC#CC(C)(C)C)CC1. The van der Waals surface area contributed by atoms with Gasteiger partial charge in [-0.3, -0.25) is 4.90 Å². The Bertz CT molecular complexity index is 272. The highest BCUT2D eigenvalue weighted by molar-refractivity contribution is 5.08. The van der Waals surface area contributed by atoms with Crippen molar-refractivity contribution in [3.8, 4) is 11.8 Å². The highest BCUT2D eigenvalue weighted by Gasteiger charge is 2.22. The number of hydrogen-bond acceptors (Lipinski definition) is 2. The van der Waals surface area contributed by atoms with Gasteiger partial charge in [-0.15, -0.1) is 0 Å². The lowest BCUT2D eigenvalue weighted by atomic mass is 9.90. The van der Waals surface area contributed by atoms with Gasteiger partial charge < -0.3 is 5.32 Å². The van der Waals surface area contributed by atoms with Crippen molar-refractivity contribution in [2.24, 2.45) is 5.41 Å². The summed E-state index contributed by atoms with van der Waals surface area (Å²) in [4.78, 5) is 2.42. The summed E-state index contributed by atoms with van der Waals surface area (Å²) in [5, 5.41) is 3.38. The Morgan fingerprint density at radius 1 is 1.18 bits per heavy atom. The Hall–Kier alpha value is -0.520. The van der Waals surface area contributed by atoms with E-state index in [4.69, 9.17) is 0 Å². The fraction of sp³-hybridized carbons (Fsp3) is 0.867. The summed E-state index contributed by atoms with van der Waals surface area (Å²) in [7, 11) is 4.28. The fourth-order valence-electron chi connectivity index (χ4n) is 2.36. The van der Waals surface area contributed by atoms with E-state index >= 15 is 0 Å². The van der Waals surface area contributed by atoms with Gasteiger partial charge in [0.2, 0.25) is 0 Å². The molecule has 0 radical (unpaired) electrons. The smallest absolute Gasteiger partial charge is 0.0601 e. The van der Waals surface area contributed by atoms with Crippen LogP contribution in [0.2, 0.25) is 0 Å². The van der Waals surface area contributed by atoms with E-state index in [0.717, 1.165) is 18.6 Å². The van der Waals surface area contributed by atoms with Gasteiger partial charge in [-0.05, 0) is 60.5 Å². The summed E-state index contributed by atoms with van der Waals surface area (Å²) >= 11 is 0. The van der Waals surface area contributed by atoms with Crippen LogP contribution in [0.5, 0.6) is 0 Å². The van der Waals surface area contributed by atoms with E-state index in [0.29, 0.717) is 0 Å². The second-order valence-corrected chi connectivity index (χ2v) is 6.26. The van der Waals surface area contributed by atoms with Crippen LogP contribution in [0, 0.1) is 17.3 Å². The maximum atomic E-state index is 3.38. The Labute approximate surface area is 107 Å². The zero-order valence-corrected chi connectivity index (χ0v) is 12.1. The Kier molecular flexibility index (Phi) is 5.49. The van der Waals surface area contributed by atoms with Crippen molar-refractivity contribution in [1.29, 1.82) is 0 Å². The molecule has 1 rings (SSSR count). The van der Waals surface area contributed by atoms with Gasteiger partial charge in [-0.25, -0.2) is 0 Å². The first-order valence-electron chi connectivity index (χ1n) is 6.80. The molecule has 0 saturated heterocycles. The maximum Gasteiger partial charge on any atom is 0.0601 e. The number of rotatable bonds is 3. The van der Waals surface area contributed by atoms with Gasteiger partial charge in [-0.1, -0.05) is 11.8 Å². The van der Waals surface area contributed by atoms with E-state index in [1.807, 2.05) is 0 Å². The monoisotopic (exact) mass is 236 g/mol. The molecule has 0 unspecified atom stereocenters. The predicted octanol–water partition coefficient (Wildman–Crippen LogP) is 2.50. The summed E-state index contributed by atoms with van der Waals surface area (Å²) in [6.45, 7) is 7.40. The molecule has 1 saturated carbocycles. The van der Waals surface area contributed by atoms with Crippen LogP contribution < -0.4 is 5.32 Å². The number of nitrogens with one attached hydrogen (secondary N) is 1. The fourth-order valence-corrected chi connectivity index (χ4v) is 2.36. The molecule has 0 aliphatic heterocycles. The van der Waals surface area contributed by atoms with E-state index in [1.54, 1.807) is 0 Å². The van der Waals surface area contributed by atoms with Crippen LogP contribution in [-0.2, 0) is 0 Å². The minimum absolute atomic E-state index is 0.130. The third-order valence-corrected chi connectivity index (χ3v) is 3.52. The van der Waals surface area contributed by atoms with Crippen LogP contribution in [-0.4, -0.2) is 37.6 Å². The van der Waals surface area contributed by atoms with Crippen LogP contribution in [0.1, 0.15) is 46.5 Å². The minimum atomic E-state index is 0.130. The van der Waals surface area contributed by atoms with Crippen molar-refractivity contribution in [2.75, 3.05) is 20.6 Å². The van der Waals surface area contributed by atoms with E-state index in [1.165, 1.54) is 25.7 Å². The highest BCUT2D eigenvalue weighted by Crippen LogP contribution is 2.21. The first-order chi connectivity index (χ1) is 7.92. The van der Waals surface area contributed by atoms with Crippen molar-refractivity contribution in [2.45, 2.75) is 58.5 Å². The number of nitrogens with zero attached hydrogens (tertiary/aromatic N) is 1. The highest BCUT2D eigenvalue weighted by atomic mass is 15.1. The maximum absolute atomic E-state index is 3.38. The van der Waals surface area contributed by atoms with E-state index < -0.39 is 0 Å². The van der Waals surface area contributed by atoms with Crippen LogP contribution in [0.15, 0.2) is 0 Å². The van der Waals surface area contributed by atoms with Crippen molar-refractivity contribution in [3.05, 3.63) is 0 Å². The van der Waals surface area contributed by atoms with Crippen LogP contribution in [0.3, 0.4) is 0 Å². The van der Waals surface area contributed by atoms with Crippen molar-refractivity contribution < 1.29 is 0 Å². The summed E-state index contributed by atoms with van der Waals surface area (Å²) in [6, 6.07) is 1.47. The molecule has 0 aromatic heterocycles. The standard InChI is InChI=1S/C15H28N2/c1-15(2,3)11-6-12-17(5)14-9-7-13(16-4)8-10-14/h13-14,16H,7-10,12H2,1-5H3. The molecule has 0 aromatic carbocycles. The third-order valence-electron chi connectivity index (χ3n) is 3.52. The lowest BCUT2D eigenvalue weighted by Gasteiger charge is -2.33. The molecule has 0 aromatic rings. The van der Waals surface area contributed by atoms with E-state index in [-0.39, 0.29) is 5.41 Å². The third kappa shape index (κ3) is 5.57. The molecule has 2 heteroatoms. The van der Waals surface area contributed by atoms with Crippen molar-refractivity contribution >= 4 is 0 Å². The first kappa shape index (κ1) is 14.5. The molecule has 1 N–H and O–H groups in total. The average Bonchev–Trinajstić information content (AvgIpc) is 2.27. The average molecular weight is 236 g/mol. The van der Waals surface area contributed by atoms with Crippen molar-refractivity contribution in [3.63, 3.8) is 0 Å². The van der Waals surface area contributed by atoms with Crippen molar-refractivity contribution in [1.82, 2.24) is 10.2 Å². The van der Waals surface area contributed by atoms with Crippen LogP contribution in [0.25, 0.3) is 0 Å². The quantitative estimate of drug-likeness (QED) is 0.757. The lowest BCUT2D eigenvalue weighted by molar-refractivity contribution is 0.193. The molecule has 0 spiro atoms. The lowest BCUT2D eigenvalue weighted by Crippen LogP contribution is -2.39. The Morgan fingerprint density at radius 2 is 1.76 bits per heavy atom. The topological polar surface area (TPSA) is 15.3 Å². The van der Waals surface area contributed by atoms with Crippen LogP contribution >= 0.6 is 0 Å². The molecule has 0 atom stereocenters. The Balaban J connectivity index is 2.33. The summed E-state index contributed by atoms with van der Waals surface area (Å²) < 4.78 is 0. The van der Waals surface area contributed by atoms with Gasteiger partial charge in [0, 0.05) is 17.5 Å². The molecule has 1 aliphatic carbocycles. The summed E-state index contributed by atoms with van der Waals surface area (Å²) in [6.07, 6.45) is 5.22. The Morgan fingerprint density at radius 3 is 2.24 bits per heavy atom. The van der Waals surface area contributed by atoms with E-state index in [9.17, 15) is 0 Å². The molecule has 98 valence electrons. The van der Waals surface area contributed by atoms with Crippen LogP contribution in [0.4, 0.5) is 0 Å². The summed E-state index contributed by atoms with van der Waals surface area (Å²) in [5.41, 5.74) is 0.130. The van der Waals surface area contributed by atoms with E-state index in [2.05, 4.69) is 56.9 Å². The van der Waals surface area contributed by atoms with Gasteiger partial charge in [0.05, 0.1) is 6.54 Å². The number of hydrogen-bond donors (Lipinski definition) is 1. The molecular formula is C15H28N2. The molecule has 1 aliphatic rings. The van der Waals surface area contributed by atoms with Gasteiger partial charge >= 0.3 is 0 Å².